The molecule has 1 unspecified atom stereocenters. The number of aryl methyl sites for hydroxylation is 2. The number of carboxylic acids is 1. The summed E-state index contributed by atoms with van der Waals surface area (Å²) < 4.78 is 3.10. The Hall–Kier alpha value is -3.42. The Morgan fingerprint density at radius 3 is 2.61 bits per heavy atom. The zero-order chi connectivity index (χ0) is 20.4. The monoisotopic (exact) mass is 381 g/mol. The quantitative estimate of drug-likeness (QED) is 0.683. The van der Waals surface area contributed by atoms with Crippen LogP contribution in [0.15, 0.2) is 36.5 Å². The molecule has 1 aromatic carbocycles. The maximum atomic E-state index is 12.6. The summed E-state index contributed by atoms with van der Waals surface area (Å²) in [4.78, 5) is 23.6. The van der Waals surface area contributed by atoms with Gasteiger partial charge in [0.1, 0.15) is 6.04 Å². The van der Waals surface area contributed by atoms with Crippen molar-refractivity contribution in [3.8, 4) is 0 Å². The van der Waals surface area contributed by atoms with E-state index in [1.807, 2.05) is 43.7 Å². The molecule has 0 saturated carbocycles. The summed E-state index contributed by atoms with van der Waals surface area (Å²) in [6.07, 6.45) is 1.48. The number of aromatic nitrogens is 4. The molecular weight excluding hydrogens is 358 g/mol. The fraction of sp³-hybridized carbons (Fsp3) is 0.300. The molecule has 2 heterocycles. The van der Waals surface area contributed by atoms with Crippen molar-refractivity contribution in [2.75, 3.05) is 5.32 Å². The van der Waals surface area contributed by atoms with Crippen molar-refractivity contribution in [2.24, 2.45) is 0 Å². The number of anilines is 1. The van der Waals surface area contributed by atoms with Crippen LogP contribution in [0.5, 0.6) is 0 Å². The van der Waals surface area contributed by atoms with E-state index in [9.17, 15) is 9.59 Å². The Balaban J connectivity index is 1.78. The lowest BCUT2D eigenvalue weighted by Gasteiger charge is -2.08. The molecule has 8 heteroatoms. The molecule has 1 amide bonds. The third-order valence-corrected chi connectivity index (χ3v) is 4.63. The summed E-state index contributed by atoms with van der Waals surface area (Å²) in [7, 11) is 0. The van der Waals surface area contributed by atoms with Crippen LogP contribution in [-0.2, 0) is 11.3 Å². The molecule has 1 atom stereocenters. The van der Waals surface area contributed by atoms with E-state index < -0.39 is 17.9 Å². The Kier molecular flexibility index (Phi) is 5.30. The Morgan fingerprint density at radius 1 is 1.18 bits per heavy atom. The van der Waals surface area contributed by atoms with E-state index in [1.54, 1.807) is 0 Å². The molecule has 3 rings (SSSR count). The molecule has 0 aliphatic heterocycles. The molecule has 2 aromatic heterocycles. The van der Waals surface area contributed by atoms with Gasteiger partial charge in [0.15, 0.2) is 5.69 Å². The van der Waals surface area contributed by atoms with Crippen LogP contribution in [0.2, 0.25) is 0 Å². The number of rotatable bonds is 6. The zero-order valence-electron chi connectivity index (χ0n) is 16.3. The van der Waals surface area contributed by atoms with Gasteiger partial charge in [-0.05, 0) is 39.3 Å². The van der Waals surface area contributed by atoms with Gasteiger partial charge in [0.2, 0.25) is 0 Å². The van der Waals surface area contributed by atoms with Crippen LogP contribution >= 0.6 is 0 Å². The largest absolute Gasteiger partial charge is 0.480 e. The summed E-state index contributed by atoms with van der Waals surface area (Å²) in [6.45, 7) is 7.88. The van der Waals surface area contributed by atoms with Crippen LogP contribution in [0.25, 0.3) is 0 Å². The maximum absolute atomic E-state index is 12.6. The zero-order valence-corrected chi connectivity index (χ0v) is 16.3. The minimum Gasteiger partial charge on any atom is -0.480 e. The van der Waals surface area contributed by atoms with E-state index >= 15 is 0 Å². The third-order valence-electron chi connectivity index (χ3n) is 4.63. The molecule has 0 spiro atoms. The normalized spacial score (nSPS) is 12.0. The number of hydrogen-bond donors (Lipinski definition) is 2. The van der Waals surface area contributed by atoms with Gasteiger partial charge >= 0.3 is 5.97 Å². The highest BCUT2D eigenvalue weighted by atomic mass is 16.4. The van der Waals surface area contributed by atoms with Crippen molar-refractivity contribution in [2.45, 2.75) is 40.3 Å². The molecule has 0 bridgehead atoms. The van der Waals surface area contributed by atoms with Gasteiger partial charge in [0, 0.05) is 6.20 Å². The number of nitrogens with zero attached hydrogens (tertiary/aromatic N) is 4. The fourth-order valence-corrected chi connectivity index (χ4v) is 2.98. The van der Waals surface area contributed by atoms with E-state index in [4.69, 9.17) is 5.11 Å². The summed E-state index contributed by atoms with van der Waals surface area (Å²) in [5.41, 5.74) is 4.64. The number of benzene rings is 1. The van der Waals surface area contributed by atoms with Crippen LogP contribution in [0.1, 0.15) is 46.0 Å². The van der Waals surface area contributed by atoms with E-state index in [1.165, 1.54) is 29.4 Å². The van der Waals surface area contributed by atoms with Gasteiger partial charge in [0.05, 0.1) is 23.6 Å². The highest BCUT2D eigenvalue weighted by Gasteiger charge is 2.19. The Morgan fingerprint density at radius 2 is 1.93 bits per heavy atom. The highest BCUT2D eigenvalue weighted by molar-refractivity contribution is 6.03. The van der Waals surface area contributed by atoms with Gasteiger partial charge < -0.3 is 10.4 Å². The van der Waals surface area contributed by atoms with Crippen molar-refractivity contribution < 1.29 is 14.7 Å². The Labute approximate surface area is 162 Å². The number of nitrogens with one attached hydrogen (secondary N) is 1. The van der Waals surface area contributed by atoms with E-state index in [0.717, 1.165) is 11.3 Å². The SMILES string of the molecule is Cc1cccc(Cn2nc(C)c(NC(=O)c3ccn(C(C)C(=O)O)n3)c2C)c1. The first-order valence-corrected chi connectivity index (χ1v) is 8.95. The smallest absolute Gasteiger partial charge is 0.328 e. The molecular formula is C20H23N5O3. The number of aliphatic carboxylic acids is 1. The summed E-state index contributed by atoms with van der Waals surface area (Å²) in [6, 6.07) is 8.84. The van der Waals surface area contributed by atoms with Crippen LogP contribution in [0.4, 0.5) is 5.69 Å². The molecule has 28 heavy (non-hydrogen) atoms. The van der Waals surface area contributed by atoms with Gasteiger partial charge in [-0.3, -0.25) is 14.2 Å². The topological polar surface area (TPSA) is 102 Å². The molecule has 2 N–H and O–H groups in total. The molecule has 0 aliphatic carbocycles. The number of carboxylic acid groups (broad SMARTS) is 1. The predicted octanol–water partition coefficient (Wildman–Crippen LogP) is 2.95. The van der Waals surface area contributed by atoms with Crippen molar-refractivity contribution in [3.05, 3.63) is 64.7 Å². The first kappa shape index (κ1) is 19.3. The average Bonchev–Trinajstić information content (AvgIpc) is 3.22. The van der Waals surface area contributed by atoms with Crippen molar-refractivity contribution in [3.63, 3.8) is 0 Å². The number of hydrogen-bond acceptors (Lipinski definition) is 4. The first-order chi connectivity index (χ1) is 13.3. The van der Waals surface area contributed by atoms with E-state index in [2.05, 4.69) is 21.6 Å². The second kappa shape index (κ2) is 7.67. The second-order valence-corrected chi connectivity index (χ2v) is 6.84. The number of carbonyl (C=O) groups is 2. The molecule has 0 radical (unpaired) electrons. The molecule has 146 valence electrons. The van der Waals surface area contributed by atoms with Crippen molar-refractivity contribution in [1.82, 2.24) is 19.6 Å². The lowest BCUT2D eigenvalue weighted by molar-refractivity contribution is -0.140. The molecule has 8 nitrogen and oxygen atoms in total. The minimum absolute atomic E-state index is 0.151. The van der Waals surface area contributed by atoms with Crippen LogP contribution in [-0.4, -0.2) is 36.5 Å². The predicted molar refractivity (Wildman–Crippen MR) is 105 cm³/mol. The lowest BCUT2D eigenvalue weighted by Crippen LogP contribution is -2.18. The van der Waals surface area contributed by atoms with Crippen molar-refractivity contribution >= 4 is 17.6 Å². The molecule has 0 fully saturated rings. The van der Waals surface area contributed by atoms with Gasteiger partial charge in [-0.15, -0.1) is 0 Å². The number of amides is 1. The van der Waals surface area contributed by atoms with Gasteiger partial charge in [-0.2, -0.15) is 10.2 Å². The van der Waals surface area contributed by atoms with Crippen molar-refractivity contribution in [1.29, 1.82) is 0 Å². The van der Waals surface area contributed by atoms with Gasteiger partial charge in [0.25, 0.3) is 5.91 Å². The number of carbonyl (C=O) groups excluding carboxylic acids is 1. The molecule has 3 aromatic rings. The van der Waals surface area contributed by atoms with Crippen LogP contribution in [0.3, 0.4) is 0 Å². The lowest BCUT2D eigenvalue weighted by atomic mass is 10.1. The van der Waals surface area contributed by atoms with Crippen LogP contribution < -0.4 is 5.32 Å². The average molecular weight is 381 g/mol. The van der Waals surface area contributed by atoms with Gasteiger partial charge in [-0.1, -0.05) is 29.8 Å². The maximum Gasteiger partial charge on any atom is 0.328 e. The van der Waals surface area contributed by atoms with E-state index in [0.29, 0.717) is 17.9 Å². The Bertz CT molecular complexity index is 1030. The van der Waals surface area contributed by atoms with E-state index in [-0.39, 0.29) is 5.69 Å². The third kappa shape index (κ3) is 3.95. The van der Waals surface area contributed by atoms with Crippen LogP contribution in [0, 0.1) is 20.8 Å². The molecule has 0 aliphatic rings. The standard InChI is InChI=1S/C20H23N5O3/c1-12-6-5-7-16(10-12)11-25-14(3)18(13(2)22-25)21-19(26)17-8-9-24(23-17)15(4)20(27)28/h5-10,15H,11H2,1-4H3,(H,21,26)(H,27,28). The summed E-state index contributed by atoms with van der Waals surface area (Å²) in [5, 5.41) is 20.5. The summed E-state index contributed by atoms with van der Waals surface area (Å²) in [5.74, 6) is -1.42. The fourth-order valence-electron chi connectivity index (χ4n) is 2.98. The summed E-state index contributed by atoms with van der Waals surface area (Å²) >= 11 is 0. The highest BCUT2D eigenvalue weighted by Crippen LogP contribution is 2.21. The second-order valence-electron chi connectivity index (χ2n) is 6.84. The minimum atomic E-state index is -1.01. The van der Waals surface area contributed by atoms with Gasteiger partial charge in [-0.25, -0.2) is 4.79 Å². The molecule has 0 saturated heterocycles. The first-order valence-electron chi connectivity index (χ1n) is 8.95.